The predicted octanol–water partition coefficient (Wildman–Crippen LogP) is 1.38. The summed E-state index contributed by atoms with van der Waals surface area (Å²) < 4.78 is 0. The molecule has 0 saturated carbocycles. The van der Waals surface area contributed by atoms with Gasteiger partial charge in [-0.1, -0.05) is 20.3 Å². The van der Waals surface area contributed by atoms with Crippen molar-refractivity contribution in [1.82, 2.24) is 10.2 Å². The summed E-state index contributed by atoms with van der Waals surface area (Å²) >= 11 is 0. The fourth-order valence-corrected chi connectivity index (χ4v) is 2.39. The van der Waals surface area contributed by atoms with E-state index in [1.807, 2.05) is 6.92 Å². The SMILES string of the molecule is CC(C)C(C)NC(=O)CN1CCCCC1CCO. The maximum Gasteiger partial charge on any atom is 0.234 e. The van der Waals surface area contributed by atoms with Crippen molar-refractivity contribution in [2.24, 2.45) is 5.92 Å². The quantitative estimate of drug-likeness (QED) is 0.755. The Kier molecular flexibility index (Phi) is 6.65. The molecule has 0 radical (unpaired) electrons. The summed E-state index contributed by atoms with van der Waals surface area (Å²) in [5.74, 6) is 0.574. The summed E-state index contributed by atoms with van der Waals surface area (Å²) in [6.45, 7) is 7.94. The van der Waals surface area contributed by atoms with Crippen molar-refractivity contribution in [3.8, 4) is 0 Å². The van der Waals surface area contributed by atoms with Crippen molar-refractivity contribution in [2.75, 3.05) is 19.7 Å². The van der Waals surface area contributed by atoms with E-state index in [-0.39, 0.29) is 18.6 Å². The van der Waals surface area contributed by atoms with Crippen molar-refractivity contribution < 1.29 is 9.90 Å². The van der Waals surface area contributed by atoms with Crippen molar-refractivity contribution >= 4 is 5.91 Å². The van der Waals surface area contributed by atoms with Crippen molar-refractivity contribution in [2.45, 2.75) is 58.5 Å². The number of piperidine rings is 1. The summed E-state index contributed by atoms with van der Waals surface area (Å²) in [6.07, 6.45) is 4.26. The largest absolute Gasteiger partial charge is 0.396 e. The molecule has 4 nitrogen and oxygen atoms in total. The molecule has 1 fully saturated rings. The van der Waals surface area contributed by atoms with E-state index in [4.69, 9.17) is 5.11 Å². The van der Waals surface area contributed by atoms with Crippen LogP contribution < -0.4 is 5.32 Å². The molecule has 2 unspecified atom stereocenters. The van der Waals surface area contributed by atoms with Gasteiger partial charge in [0.2, 0.25) is 5.91 Å². The molecular formula is C14H28N2O2. The van der Waals surface area contributed by atoms with Gasteiger partial charge in [0, 0.05) is 18.7 Å². The summed E-state index contributed by atoms with van der Waals surface area (Å²) in [4.78, 5) is 14.2. The number of nitrogens with zero attached hydrogens (tertiary/aromatic N) is 1. The molecule has 0 aromatic carbocycles. The van der Waals surface area contributed by atoms with Gasteiger partial charge in [0.1, 0.15) is 0 Å². The second-order valence-electron chi connectivity index (χ2n) is 5.73. The first-order valence-electron chi connectivity index (χ1n) is 7.19. The van der Waals surface area contributed by atoms with E-state index in [1.54, 1.807) is 0 Å². The molecular weight excluding hydrogens is 228 g/mol. The second kappa shape index (κ2) is 7.74. The van der Waals surface area contributed by atoms with E-state index in [1.165, 1.54) is 6.42 Å². The highest BCUT2D eigenvalue weighted by Crippen LogP contribution is 2.18. The summed E-state index contributed by atoms with van der Waals surface area (Å²) in [6, 6.07) is 0.599. The van der Waals surface area contributed by atoms with Crippen LogP contribution in [0.25, 0.3) is 0 Å². The third-order valence-corrected chi connectivity index (χ3v) is 3.95. The highest BCUT2D eigenvalue weighted by atomic mass is 16.3. The smallest absolute Gasteiger partial charge is 0.234 e. The van der Waals surface area contributed by atoms with Gasteiger partial charge in [-0.2, -0.15) is 0 Å². The lowest BCUT2D eigenvalue weighted by Gasteiger charge is -2.35. The maximum atomic E-state index is 12.0. The molecule has 0 spiro atoms. The number of carbonyl (C=O) groups excluding carboxylic acids is 1. The predicted molar refractivity (Wildman–Crippen MR) is 73.4 cm³/mol. The number of aliphatic hydroxyl groups excluding tert-OH is 1. The number of carbonyl (C=O) groups is 1. The Balaban J connectivity index is 2.41. The van der Waals surface area contributed by atoms with Crippen molar-refractivity contribution in [3.63, 3.8) is 0 Å². The minimum Gasteiger partial charge on any atom is -0.396 e. The zero-order valence-corrected chi connectivity index (χ0v) is 12.0. The van der Waals surface area contributed by atoms with Gasteiger partial charge in [-0.3, -0.25) is 9.69 Å². The van der Waals surface area contributed by atoms with Crippen molar-refractivity contribution in [1.29, 1.82) is 0 Å². The van der Waals surface area contributed by atoms with Crippen LogP contribution in [0.4, 0.5) is 0 Å². The van der Waals surface area contributed by atoms with Crippen LogP contribution in [0.3, 0.4) is 0 Å². The zero-order chi connectivity index (χ0) is 13.5. The molecule has 2 N–H and O–H groups in total. The summed E-state index contributed by atoms with van der Waals surface area (Å²) in [5, 5.41) is 12.1. The van der Waals surface area contributed by atoms with Crippen LogP contribution >= 0.6 is 0 Å². The standard InChI is InChI=1S/C14H28N2O2/c1-11(2)12(3)15-14(18)10-16-8-5-4-6-13(16)7-9-17/h11-13,17H,4-10H2,1-3H3,(H,15,18). The summed E-state index contributed by atoms with van der Waals surface area (Å²) in [5.41, 5.74) is 0. The number of hydrogen-bond acceptors (Lipinski definition) is 3. The molecule has 18 heavy (non-hydrogen) atoms. The molecule has 2 atom stereocenters. The average Bonchev–Trinajstić information content (AvgIpc) is 2.31. The fraction of sp³-hybridized carbons (Fsp3) is 0.929. The molecule has 4 heteroatoms. The van der Waals surface area contributed by atoms with Gasteiger partial charge in [0.25, 0.3) is 0 Å². The van der Waals surface area contributed by atoms with Gasteiger partial charge in [-0.15, -0.1) is 0 Å². The van der Waals surface area contributed by atoms with E-state index in [0.29, 0.717) is 18.5 Å². The first-order valence-corrected chi connectivity index (χ1v) is 7.19. The van der Waals surface area contributed by atoms with Gasteiger partial charge >= 0.3 is 0 Å². The number of nitrogens with one attached hydrogen (secondary N) is 1. The Morgan fingerprint density at radius 1 is 1.39 bits per heavy atom. The Bertz CT molecular complexity index is 254. The van der Waals surface area contributed by atoms with Crippen molar-refractivity contribution in [3.05, 3.63) is 0 Å². The van der Waals surface area contributed by atoms with Crippen LogP contribution in [-0.2, 0) is 4.79 Å². The molecule has 1 rings (SSSR count). The van der Waals surface area contributed by atoms with E-state index in [9.17, 15) is 4.79 Å². The highest BCUT2D eigenvalue weighted by molar-refractivity contribution is 5.78. The van der Waals surface area contributed by atoms with Crippen LogP contribution in [0, 0.1) is 5.92 Å². The van der Waals surface area contributed by atoms with Gasteiger partial charge in [-0.25, -0.2) is 0 Å². The molecule has 1 saturated heterocycles. The molecule has 0 aromatic rings. The lowest BCUT2D eigenvalue weighted by atomic mass is 9.99. The number of hydrogen-bond donors (Lipinski definition) is 2. The Labute approximate surface area is 111 Å². The molecule has 106 valence electrons. The van der Waals surface area contributed by atoms with E-state index in [0.717, 1.165) is 25.8 Å². The molecule has 0 aromatic heterocycles. The first-order chi connectivity index (χ1) is 8.54. The van der Waals surface area contributed by atoms with E-state index < -0.39 is 0 Å². The lowest BCUT2D eigenvalue weighted by Crippen LogP contribution is -2.48. The molecule has 1 aliphatic rings. The average molecular weight is 256 g/mol. The molecule has 1 amide bonds. The van der Waals surface area contributed by atoms with Crippen LogP contribution in [0.5, 0.6) is 0 Å². The summed E-state index contributed by atoms with van der Waals surface area (Å²) in [7, 11) is 0. The lowest BCUT2D eigenvalue weighted by molar-refractivity contribution is -0.124. The number of amides is 1. The van der Waals surface area contributed by atoms with Crippen LogP contribution in [0.15, 0.2) is 0 Å². The topological polar surface area (TPSA) is 52.6 Å². The minimum absolute atomic E-state index is 0.112. The third-order valence-electron chi connectivity index (χ3n) is 3.95. The van der Waals surface area contributed by atoms with Crippen LogP contribution in [-0.4, -0.2) is 47.7 Å². The Morgan fingerprint density at radius 3 is 2.72 bits per heavy atom. The van der Waals surface area contributed by atoms with Gasteiger partial charge < -0.3 is 10.4 Å². The monoisotopic (exact) mass is 256 g/mol. The molecule has 1 heterocycles. The Morgan fingerprint density at radius 2 is 2.11 bits per heavy atom. The Hall–Kier alpha value is -0.610. The molecule has 1 aliphatic heterocycles. The first kappa shape index (κ1) is 15.4. The number of aliphatic hydroxyl groups is 1. The third kappa shape index (κ3) is 4.94. The molecule has 0 aliphatic carbocycles. The van der Waals surface area contributed by atoms with Gasteiger partial charge in [0.15, 0.2) is 0 Å². The van der Waals surface area contributed by atoms with E-state index in [2.05, 4.69) is 24.1 Å². The van der Waals surface area contributed by atoms with Crippen LogP contribution in [0.2, 0.25) is 0 Å². The van der Waals surface area contributed by atoms with Gasteiger partial charge in [0.05, 0.1) is 6.54 Å². The number of rotatable bonds is 6. The van der Waals surface area contributed by atoms with E-state index >= 15 is 0 Å². The van der Waals surface area contributed by atoms with Crippen LogP contribution in [0.1, 0.15) is 46.5 Å². The normalized spacial score (nSPS) is 23.1. The highest BCUT2D eigenvalue weighted by Gasteiger charge is 2.24. The minimum atomic E-state index is 0.112. The molecule has 0 bridgehead atoms. The second-order valence-corrected chi connectivity index (χ2v) is 5.73. The fourth-order valence-electron chi connectivity index (χ4n) is 2.39. The number of likely N-dealkylation sites (tertiary alicyclic amines) is 1. The zero-order valence-electron chi connectivity index (χ0n) is 12.0. The van der Waals surface area contributed by atoms with Gasteiger partial charge in [-0.05, 0) is 38.6 Å². The maximum absolute atomic E-state index is 12.0.